The molecular weight excluding hydrogens is 476 g/mol. The average molecular weight is 501 g/mol. The van der Waals surface area contributed by atoms with Crippen LogP contribution < -0.4 is 20.3 Å². The van der Waals surface area contributed by atoms with Crippen molar-refractivity contribution in [2.24, 2.45) is 0 Å². The van der Waals surface area contributed by atoms with Crippen molar-refractivity contribution in [2.75, 3.05) is 19.5 Å². The molecule has 0 bridgehead atoms. The first-order valence-corrected chi connectivity index (χ1v) is 12.2. The molecule has 38 heavy (non-hydrogen) atoms. The summed E-state index contributed by atoms with van der Waals surface area (Å²) in [6.07, 6.45) is 0. The third-order valence-electron chi connectivity index (χ3n) is 6.81. The highest BCUT2D eigenvalue weighted by atomic mass is 16.5. The number of allylic oxidation sites excluding steroid dienone is 1. The summed E-state index contributed by atoms with van der Waals surface area (Å²) >= 11 is 0. The molecule has 0 saturated heterocycles. The maximum atomic E-state index is 14.0. The third kappa shape index (κ3) is 3.83. The number of carbonyl (C=O) groups is 1. The lowest BCUT2D eigenvalue weighted by atomic mass is 9.90. The van der Waals surface area contributed by atoms with Crippen LogP contribution in [0.4, 0.5) is 5.69 Å². The van der Waals surface area contributed by atoms with E-state index in [0.717, 1.165) is 28.0 Å². The van der Waals surface area contributed by atoms with Crippen LogP contribution in [0.5, 0.6) is 11.5 Å². The Hall–Kier alpha value is -5.10. The van der Waals surface area contributed by atoms with Crippen molar-refractivity contribution in [3.8, 4) is 22.6 Å². The van der Waals surface area contributed by atoms with Crippen molar-refractivity contribution in [2.45, 2.75) is 0 Å². The van der Waals surface area contributed by atoms with Gasteiger partial charge in [0.15, 0.2) is 5.78 Å². The predicted molar refractivity (Wildman–Crippen MR) is 151 cm³/mol. The van der Waals surface area contributed by atoms with Crippen LogP contribution >= 0.6 is 0 Å². The van der Waals surface area contributed by atoms with Crippen LogP contribution in [0.3, 0.4) is 0 Å². The molecule has 6 nitrogen and oxygen atoms in total. The van der Waals surface area contributed by atoms with Crippen molar-refractivity contribution < 1.29 is 14.3 Å². The zero-order valence-electron chi connectivity index (χ0n) is 20.9. The summed E-state index contributed by atoms with van der Waals surface area (Å²) in [5.74, 6) is 1.17. The van der Waals surface area contributed by atoms with E-state index in [1.165, 1.54) is 0 Å². The molecule has 0 amide bonds. The zero-order valence-corrected chi connectivity index (χ0v) is 20.9. The summed E-state index contributed by atoms with van der Waals surface area (Å²) in [6, 6.07) is 30.0. The van der Waals surface area contributed by atoms with Gasteiger partial charge in [-0.25, -0.2) is 0 Å². The van der Waals surface area contributed by atoms with Gasteiger partial charge in [-0.2, -0.15) is 0 Å². The number of anilines is 1. The van der Waals surface area contributed by atoms with Crippen LogP contribution in [-0.2, 0) is 0 Å². The molecule has 2 N–H and O–H groups in total. The van der Waals surface area contributed by atoms with Gasteiger partial charge in [0.1, 0.15) is 11.5 Å². The molecule has 186 valence electrons. The van der Waals surface area contributed by atoms with Crippen molar-refractivity contribution in [3.05, 3.63) is 124 Å². The lowest BCUT2D eigenvalue weighted by Gasteiger charge is -2.16. The fourth-order valence-electron chi connectivity index (χ4n) is 5.01. The van der Waals surface area contributed by atoms with E-state index in [1.807, 2.05) is 84.9 Å². The monoisotopic (exact) mass is 500 g/mol. The topological polar surface area (TPSA) is 80.4 Å². The number of methoxy groups -OCH3 is 2. The smallest absolute Gasteiger partial charge is 0.257 e. The summed E-state index contributed by atoms with van der Waals surface area (Å²) < 4.78 is 10.8. The molecule has 0 aliphatic heterocycles. The Kier molecular flexibility index (Phi) is 5.77. The second kappa shape index (κ2) is 9.41. The molecule has 1 aliphatic carbocycles. The van der Waals surface area contributed by atoms with Crippen LogP contribution in [0.25, 0.3) is 33.3 Å². The molecule has 0 fully saturated rings. The quantitative estimate of drug-likeness (QED) is 0.282. The Morgan fingerprint density at radius 1 is 0.684 bits per heavy atom. The van der Waals surface area contributed by atoms with Gasteiger partial charge in [-0.1, -0.05) is 54.6 Å². The first kappa shape index (κ1) is 23.3. The molecule has 0 saturated carbocycles. The first-order chi connectivity index (χ1) is 18.6. The Morgan fingerprint density at radius 2 is 1.34 bits per heavy atom. The van der Waals surface area contributed by atoms with E-state index >= 15 is 0 Å². The number of hydrogen-bond donors (Lipinski definition) is 2. The summed E-state index contributed by atoms with van der Waals surface area (Å²) in [5, 5.41) is 4.21. The van der Waals surface area contributed by atoms with Crippen molar-refractivity contribution in [1.29, 1.82) is 0 Å². The zero-order chi connectivity index (χ0) is 26.2. The molecule has 0 unspecified atom stereocenters. The fourth-order valence-corrected chi connectivity index (χ4v) is 5.01. The van der Waals surface area contributed by atoms with E-state index in [4.69, 9.17) is 9.47 Å². The van der Waals surface area contributed by atoms with Gasteiger partial charge in [0, 0.05) is 33.3 Å². The highest BCUT2D eigenvalue weighted by Gasteiger charge is 2.34. The highest BCUT2D eigenvalue weighted by molar-refractivity contribution is 6.41. The Labute approximate surface area is 219 Å². The number of pyridine rings is 1. The maximum Gasteiger partial charge on any atom is 0.257 e. The third-order valence-corrected chi connectivity index (χ3v) is 6.81. The van der Waals surface area contributed by atoms with Gasteiger partial charge in [-0.05, 0) is 48.0 Å². The summed E-state index contributed by atoms with van der Waals surface area (Å²) in [6.45, 7) is 0. The number of aromatic amines is 1. The number of benzene rings is 4. The number of fused-ring (bicyclic) bond motifs is 2. The number of aromatic nitrogens is 1. The van der Waals surface area contributed by atoms with Gasteiger partial charge >= 0.3 is 0 Å². The number of hydrogen-bond acceptors (Lipinski definition) is 5. The van der Waals surface area contributed by atoms with E-state index in [-0.39, 0.29) is 11.3 Å². The van der Waals surface area contributed by atoms with Crippen molar-refractivity contribution >= 4 is 33.6 Å². The lowest BCUT2D eigenvalue weighted by molar-refractivity contribution is 0.105. The standard InChI is InChI=1S/C32H24N2O4/c1-37-21-14-12-20(13-15-21)33-30-23-10-6-7-11-24(23)31(35)29(30)28-27(19-8-4-3-5-9-19)25-18-22(38-2)16-17-26(25)34-32(28)36/h3-18,33H,1-2H3,(H,34,36). The van der Waals surface area contributed by atoms with Crippen LogP contribution in [0.1, 0.15) is 21.5 Å². The fraction of sp³-hybridized carbons (Fsp3) is 0.0625. The van der Waals surface area contributed by atoms with E-state index < -0.39 is 0 Å². The lowest BCUT2D eigenvalue weighted by Crippen LogP contribution is -2.17. The van der Waals surface area contributed by atoms with Crippen molar-refractivity contribution in [1.82, 2.24) is 4.98 Å². The minimum Gasteiger partial charge on any atom is -0.497 e. The van der Waals surface area contributed by atoms with Gasteiger partial charge in [0.25, 0.3) is 5.56 Å². The molecule has 0 atom stereocenters. The Morgan fingerprint density at radius 3 is 2.05 bits per heavy atom. The average Bonchev–Trinajstić information content (AvgIpc) is 3.23. The SMILES string of the molecule is COc1ccc(NC2=C(c3c(-c4ccccc4)c4cc(OC)ccc4[nH]c3=O)C(=O)c3ccccc32)cc1. The Bertz CT molecular complexity index is 1790. The molecular formula is C32H24N2O4. The largest absolute Gasteiger partial charge is 0.497 e. The minimum absolute atomic E-state index is 0.207. The number of Topliss-reactive ketones (excluding diaryl/α,β-unsaturated/α-hetero) is 1. The predicted octanol–water partition coefficient (Wildman–Crippen LogP) is 6.39. The summed E-state index contributed by atoms with van der Waals surface area (Å²) in [4.78, 5) is 30.8. The van der Waals surface area contributed by atoms with Gasteiger partial charge in [-0.15, -0.1) is 0 Å². The van der Waals surface area contributed by atoms with E-state index in [9.17, 15) is 9.59 Å². The minimum atomic E-state index is -0.341. The van der Waals surface area contributed by atoms with Gasteiger partial charge in [0.2, 0.25) is 0 Å². The van der Waals surface area contributed by atoms with Crippen LogP contribution in [0.2, 0.25) is 0 Å². The van der Waals surface area contributed by atoms with Crippen LogP contribution in [0.15, 0.2) is 102 Å². The number of ketones is 1. The maximum absolute atomic E-state index is 14.0. The molecule has 1 aromatic heterocycles. The Balaban J connectivity index is 1.68. The van der Waals surface area contributed by atoms with Crippen LogP contribution in [-0.4, -0.2) is 25.0 Å². The molecule has 0 radical (unpaired) electrons. The summed E-state index contributed by atoms with van der Waals surface area (Å²) in [7, 11) is 3.22. The molecule has 6 rings (SSSR count). The number of ether oxygens (including phenoxy) is 2. The van der Waals surface area contributed by atoms with E-state index in [2.05, 4.69) is 10.3 Å². The number of H-pyrrole nitrogens is 1. The molecule has 1 heterocycles. The molecule has 6 heteroatoms. The molecule has 0 spiro atoms. The van der Waals surface area contributed by atoms with Crippen LogP contribution in [0, 0.1) is 0 Å². The number of carbonyl (C=O) groups excluding carboxylic acids is 1. The van der Waals surface area contributed by atoms with Crippen molar-refractivity contribution in [3.63, 3.8) is 0 Å². The van der Waals surface area contributed by atoms with Gasteiger partial charge < -0.3 is 19.8 Å². The molecule has 4 aromatic carbocycles. The highest BCUT2D eigenvalue weighted by Crippen LogP contribution is 2.43. The molecule has 5 aromatic rings. The van der Waals surface area contributed by atoms with Gasteiger partial charge in [-0.3, -0.25) is 9.59 Å². The van der Waals surface area contributed by atoms with E-state index in [0.29, 0.717) is 39.2 Å². The normalized spacial score (nSPS) is 12.5. The van der Waals surface area contributed by atoms with Gasteiger partial charge in [0.05, 0.1) is 31.1 Å². The van der Waals surface area contributed by atoms with E-state index in [1.54, 1.807) is 26.4 Å². The molecule has 1 aliphatic rings. The first-order valence-electron chi connectivity index (χ1n) is 12.2. The number of nitrogens with one attached hydrogen (secondary N) is 2. The second-order valence-corrected chi connectivity index (χ2v) is 8.96. The summed E-state index contributed by atoms with van der Waals surface area (Å²) in [5.41, 5.74) is 5.10. The number of rotatable bonds is 6. The second-order valence-electron chi connectivity index (χ2n) is 8.96.